The lowest BCUT2D eigenvalue weighted by atomic mass is 9.71. The lowest BCUT2D eigenvalue weighted by Gasteiger charge is -2.35. The Kier molecular flexibility index (Phi) is 13.4. The zero-order chi connectivity index (χ0) is 32.4. The molecule has 3 heteroatoms. The second kappa shape index (κ2) is 16.0. The van der Waals surface area contributed by atoms with E-state index in [2.05, 4.69) is 110 Å². The molecule has 0 heterocycles. The van der Waals surface area contributed by atoms with E-state index in [-0.39, 0.29) is 22.7 Å². The zero-order valence-corrected chi connectivity index (χ0v) is 28.2. The van der Waals surface area contributed by atoms with Crippen molar-refractivity contribution < 1.29 is 15.0 Å². The Bertz CT molecular complexity index is 1370. The van der Waals surface area contributed by atoms with Crippen molar-refractivity contribution in [2.75, 3.05) is 0 Å². The van der Waals surface area contributed by atoms with Gasteiger partial charge in [0.05, 0.1) is 6.10 Å². The van der Waals surface area contributed by atoms with Crippen molar-refractivity contribution in [1.29, 1.82) is 0 Å². The lowest BCUT2D eigenvalue weighted by Crippen LogP contribution is -2.35. The van der Waals surface area contributed by atoms with E-state index in [1.54, 1.807) is 0 Å². The summed E-state index contributed by atoms with van der Waals surface area (Å²) in [6.07, 6.45) is 30.0. The van der Waals surface area contributed by atoms with E-state index in [0.717, 1.165) is 29.6 Å². The molecule has 2 aliphatic carbocycles. The molecular weight excluding hydrogens is 528 g/mol. The number of hydrogen-bond acceptors (Lipinski definition) is 3. The van der Waals surface area contributed by atoms with Crippen LogP contribution in [0.4, 0.5) is 0 Å². The second-order valence-corrected chi connectivity index (χ2v) is 13.6. The zero-order valence-electron chi connectivity index (χ0n) is 28.2. The van der Waals surface area contributed by atoms with Crippen molar-refractivity contribution in [2.45, 2.75) is 101 Å². The predicted molar refractivity (Wildman–Crippen MR) is 185 cm³/mol. The number of aliphatic hydroxyl groups is 2. The number of ketones is 1. The number of carbonyl (C=O) groups excluding carboxylic acids is 1. The molecular formula is C40H54O3. The van der Waals surface area contributed by atoms with Crippen molar-refractivity contribution in [3.05, 3.63) is 130 Å². The molecule has 2 atom stereocenters. The molecule has 0 aliphatic heterocycles. The van der Waals surface area contributed by atoms with Crippen molar-refractivity contribution >= 4 is 5.78 Å². The van der Waals surface area contributed by atoms with Crippen molar-refractivity contribution in [3.63, 3.8) is 0 Å². The van der Waals surface area contributed by atoms with E-state index >= 15 is 0 Å². The summed E-state index contributed by atoms with van der Waals surface area (Å²) in [4.78, 5) is 12.2. The van der Waals surface area contributed by atoms with Gasteiger partial charge in [0.2, 0.25) is 0 Å². The predicted octanol–water partition coefficient (Wildman–Crippen LogP) is 9.73. The second-order valence-electron chi connectivity index (χ2n) is 13.6. The van der Waals surface area contributed by atoms with E-state index in [1.165, 1.54) is 22.3 Å². The number of carbonyl (C=O) groups is 1. The highest BCUT2D eigenvalue weighted by Gasteiger charge is 2.36. The molecule has 2 N–H and O–H groups in total. The van der Waals surface area contributed by atoms with E-state index in [4.69, 9.17) is 0 Å². The van der Waals surface area contributed by atoms with Gasteiger partial charge in [0.25, 0.3) is 0 Å². The van der Waals surface area contributed by atoms with Crippen LogP contribution in [0.3, 0.4) is 0 Å². The SMILES string of the molecule is CC1=C(/C=C/C(C)=C/C=C/C(C)=C/C=C/C=C(C)/C=C/C=C(C)/C=C/C2=C(C)C(=O)[C@H](O)CC2(C)C)C(C)(C)C[C@H](O)C1. The first-order chi connectivity index (χ1) is 20.0. The molecule has 3 nitrogen and oxygen atoms in total. The van der Waals surface area contributed by atoms with Gasteiger partial charge in [-0.2, -0.15) is 0 Å². The summed E-state index contributed by atoms with van der Waals surface area (Å²) < 4.78 is 0. The van der Waals surface area contributed by atoms with Crippen LogP contribution in [0.5, 0.6) is 0 Å². The molecule has 2 aliphatic rings. The molecule has 0 radical (unpaired) electrons. The summed E-state index contributed by atoms with van der Waals surface area (Å²) in [7, 11) is 0. The number of allylic oxidation sites excluding steroid dienone is 20. The minimum absolute atomic E-state index is 0.00483. The molecule has 0 bridgehead atoms. The standard InChI is InChI=1S/C40H54O3/c1-28(17-13-19-30(3)21-23-35-32(5)25-34(41)26-39(35,7)8)15-11-12-16-29(2)18-14-20-31(4)22-24-36-33(6)38(43)37(42)27-40(36,9)10/h11-24,34,37,41-42H,25-27H2,1-10H3/b12-11+,17-13+,18-14+,23-21+,24-22+,28-15+,29-16+,30-19+,31-20+/t34-,37-/m1/s1. The highest BCUT2D eigenvalue weighted by atomic mass is 16.3. The fourth-order valence-electron chi connectivity index (χ4n) is 5.88. The van der Waals surface area contributed by atoms with Gasteiger partial charge in [-0.05, 0) is 88.4 Å². The van der Waals surface area contributed by atoms with Gasteiger partial charge >= 0.3 is 0 Å². The first-order valence-electron chi connectivity index (χ1n) is 15.4. The topological polar surface area (TPSA) is 57.5 Å². The maximum absolute atomic E-state index is 12.2. The van der Waals surface area contributed by atoms with Crippen LogP contribution in [0.25, 0.3) is 0 Å². The molecule has 0 amide bonds. The molecule has 0 spiro atoms. The van der Waals surface area contributed by atoms with Crippen molar-refractivity contribution in [3.8, 4) is 0 Å². The highest BCUT2D eigenvalue weighted by Crippen LogP contribution is 2.41. The van der Waals surface area contributed by atoms with Gasteiger partial charge < -0.3 is 10.2 Å². The third-order valence-corrected chi connectivity index (χ3v) is 8.28. The maximum atomic E-state index is 12.2. The quantitative estimate of drug-likeness (QED) is 0.252. The molecule has 232 valence electrons. The Morgan fingerprint density at radius 1 is 0.651 bits per heavy atom. The van der Waals surface area contributed by atoms with Gasteiger partial charge in [-0.3, -0.25) is 4.79 Å². The Morgan fingerprint density at radius 3 is 1.56 bits per heavy atom. The van der Waals surface area contributed by atoms with Gasteiger partial charge in [0, 0.05) is 0 Å². The van der Waals surface area contributed by atoms with Crippen LogP contribution >= 0.6 is 0 Å². The molecule has 43 heavy (non-hydrogen) atoms. The molecule has 0 fully saturated rings. The van der Waals surface area contributed by atoms with E-state index < -0.39 is 6.10 Å². The smallest absolute Gasteiger partial charge is 0.187 e. The number of rotatable bonds is 10. The van der Waals surface area contributed by atoms with Crippen LogP contribution in [0, 0.1) is 10.8 Å². The van der Waals surface area contributed by atoms with E-state index in [9.17, 15) is 15.0 Å². The summed E-state index contributed by atoms with van der Waals surface area (Å²) in [5, 5.41) is 20.1. The third-order valence-electron chi connectivity index (χ3n) is 8.28. The Hall–Kier alpha value is -3.27. The van der Waals surface area contributed by atoms with E-state index in [1.807, 2.05) is 44.2 Å². The molecule has 2 rings (SSSR count). The maximum Gasteiger partial charge on any atom is 0.187 e. The molecule has 0 saturated heterocycles. The molecule has 0 unspecified atom stereocenters. The summed E-state index contributed by atoms with van der Waals surface area (Å²) in [6.45, 7) is 20.8. The van der Waals surface area contributed by atoms with Crippen LogP contribution in [0.15, 0.2) is 130 Å². The van der Waals surface area contributed by atoms with Crippen LogP contribution in [0.1, 0.15) is 88.5 Å². The van der Waals surface area contributed by atoms with E-state index in [0.29, 0.717) is 12.0 Å². The molecule has 0 aromatic carbocycles. The highest BCUT2D eigenvalue weighted by molar-refractivity contribution is 6.00. The fraction of sp³-hybridized carbons (Fsp3) is 0.425. The normalized spacial score (nSPS) is 24.8. The monoisotopic (exact) mass is 582 g/mol. The fourth-order valence-corrected chi connectivity index (χ4v) is 5.88. The first kappa shape index (κ1) is 35.9. The first-order valence-corrected chi connectivity index (χ1v) is 15.4. The Labute approximate surface area is 261 Å². The number of hydrogen-bond donors (Lipinski definition) is 2. The van der Waals surface area contributed by atoms with Gasteiger partial charge in [-0.1, -0.05) is 141 Å². The van der Waals surface area contributed by atoms with Gasteiger partial charge in [-0.15, -0.1) is 0 Å². The van der Waals surface area contributed by atoms with Crippen molar-refractivity contribution in [2.24, 2.45) is 10.8 Å². The number of Topliss-reactive ketones (excluding diaryl/α,β-unsaturated/α-hetero) is 1. The van der Waals surface area contributed by atoms with Gasteiger partial charge in [0.15, 0.2) is 5.78 Å². The van der Waals surface area contributed by atoms with Gasteiger partial charge in [0.1, 0.15) is 6.10 Å². The van der Waals surface area contributed by atoms with Crippen molar-refractivity contribution in [1.82, 2.24) is 0 Å². The summed E-state index contributed by atoms with van der Waals surface area (Å²) >= 11 is 0. The molecule has 0 saturated carbocycles. The Morgan fingerprint density at radius 2 is 1.07 bits per heavy atom. The van der Waals surface area contributed by atoms with Gasteiger partial charge in [-0.25, -0.2) is 0 Å². The third kappa shape index (κ3) is 11.4. The van der Waals surface area contributed by atoms with Crippen LogP contribution in [0.2, 0.25) is 0 Å². The average molecular weight is 583 g/mol. The molecule has 0 aromatic heterocycles. The lowest BCUT2D eigenvalue weighted by molar-refractivity contribution is -0.125. The number of aliphatic hydroxyl groups excluding tert-OH is 2. The summed E-state index contributed by atoms with van der Waals surface area (Å²) in [6, 6.07) is 0. The van der Waals surface area contributed by atoms with Crippen LogP contribution in [-0.4, -0.2) is 28.2 Å². The minimum atomic E-state index is -0.898. The average Bonchev–Trinajstić information content (AvgIpc) is 2.88. The summed E-state index contributed by atoms with van der Waals surface area (Å²) in [5.74, 6) is -0.166. The summed E-state index contributed by atoms with van der Waals surface area (Å²) in [5.41, 5.74) is 8.61. The largest absolute Gasteiger partial charge is 0.393 e. The Balaban J connectivity index is 1.93. The van der Waals surface area contributed by atoms with Crippen LogP contribution < -0.4 is 0 Å². The molecule has 0 aromatic rings. The minimum Gasteiger partial charge on any atom is -0.393 e. The van der Waals surface area contributed by atoms with Crippen LogP contribution in [-0.2, 0) is 4.79 Å².